The van der Waals surface area contributed by atoms with Gasteiger partial charge in [-0.25, -0.2) is 4.68 Å². The average molecular weight is 200 g/mol. The lowest BCUT2D eigenvalue weighted by Gasteiger charge is -2.03. The second kappa shape index (κ2) is 3.96. The SMILES string of the molecule is C=CCn1nncc1-c1ccc(N)cc1. The molecule has 0 saturated carbocycles. The van der Waals surface area contributed by atoms with Crippen LogP contribution in [0, 0.1) is 0 Å². The zero-order valence-electron chi connectivity index (χ0n) is 8.30. The van der Waals surface area contributed by atoms with E-state index in [0.717, 1.165) is 16.9 Å². The summed E-state index contributed by atoms with van der Waals surface area (Å²) in [4.78, 5) is 0. The highest BCUT2D eigenvalue weighted by Gasteiger charge is 2.04. The maximum absolute atomic E-state index is 5.62. The third-order valence-corrected chi connectivity index (χ3v) is 2.13. The van der Waals surface area contributed by atoms with Crippen LogP contribution in [0.2, 0.25) is 0 Å². The minimum absolute atomic E-state index is 0.652. The quantitative estimate of drug-likeness (QED) is 0.606. The predicted molar refractivity (Wildman–Crippen MR) is 60.1 cm³/mol. The van der Waals surface area contributed by atoms with Crippen LogP contribution in [-0.4, -0.2) is 15.0 Å². The molecule has 0 saturated heterocycles. The van der Waals surface area contributed by atoms with E-state index in [4.69, 9.17) is 5.73 Å². The number of nitrogen functional groups attached to an aromatic ring is 1. The molecule has 0 aliphatic carbocycles. The van der Waals surface area contributed by atoms with Crippen molar-refractivity contribution in [2.24, 2.45) is 0 Å². The predicted octanol–water partition coefficient (Wildman–Crippen LogP) is 1.71. The Morgan fingerprint density at radius 3 is 2.73 bits per heavy atom. The van der Waals surface area contributed by atoms with Crippen LogP contribution in [0.25, 0.3) is 11.3 Å². The van der Waals surface area contributed by atoms with Crippen molar-refractivity contribution < 1.29 is 0 Å². The van der Waals surface area contributed by atoms with Crippen LogP contribution in [0.15, 0.2) is 43.1 Å². The number of allylic oxidation sites excluding steroid dienone is 1. The van der Waals surface area contributed by atoms with E-state index in [2.05, 4.69) is 16.9 Å². The third-order valence-electron chi connectivity index (χ3n) is 2.13. The van der Waals surface area contributed by atoms with Gasteiger partial charge in [-0.1, -0.05) is 23.4 Å². The van der Waals surface area contributed by atoms with E-state index in [9.17, 15) is 0 Å². The van der Waals surface area contributed by atoms with E-state index in [0.29, 0.717) is 6.54 Å². The van der Waals surface area contributed by atoms with Crippen LogP contribution in [-0.2, 0) is 6.54 Å². The molecule has 2 aromatic rings. The van der Waals surface area contributed by atoms with Gasteiger partial charge < -0.3 is 5.73 Å². The summed E-state index contributed by atoms with van der Waals surface area (Å²) >= 11 is 0. The number of benzene rings is 1. The Bertz CT molecular complexity index is 456. The van der Waals surface area contributed by atoms with Crippen molar-refractivity contribution >= 4 is 5.69 Å². The molecule has 0 aliphatic rings. The molecule has 0 atom stereocenters. The van der Waals surface area contributed by atoms with Crippen LogP contribution >= 0.6 is 0 Å². The summed E-state index contributed by atoms with van der Waals surface area (Å²) in [6, 6.07) is 7.63. The lowest BCUT2D eigenvalue weighted by molar-refractivity contribution is 0.668. The van der Waals surface area contributed by atoms with Gasteiger partial charge in [-0.05, 0) is 12.1 Å². The minimum Gasteiger partial charge on any atom is -0.399 e. The zero-order chi connectivity index (χ0) is 10.7. The Hall–Kier alpha value is -2.10. The monoisotopic (exact) mass is 200 g/mol. The van der Waals surface area contributed by atoms with Gasteiger partial charge in [-0.15, -0.1) is 11.7 Å². The number of nitrogens with zero attached hydrogens (tertiary/aromatic N) is 3. The maximum atomic E-state index is 5.62. The first kappa shape index (κ1) is 9.45. The van der Waals surface area contributed by atoms with Crippen LogP contribution in [0.3, 0.4) is 0 Å². The van der Waals surface area contributed by atoms with Gasteiger partial charge in [0.05, 0.1) is 18.4 Å². The fourth-order valence-corrected chi connectivity index (χ4v) is 1.39. The highest BCUT2D eigenvalue weighted by Crippen LogP contribution is 2.19. The lowest BCUT2D eigenvalue weighted by atomic mass is 10.1. The molecule has 0 aliphatic heterocycles. The topological polar surface area (TPSA) is 56.7 Å². The molecule has 4 heteroatoms. The Labute approximate surface area is 88.0 Å². The van der Waals surface area contributed by atoms with Crippen LogP contribution in [0.5, 0.6) is 0 Å². The molecule has 1 aromatic heterocycles. The standard InChI is InChI=1S/C11H12N4/c1-2-7-15-11(8-13-14-15)9-3-5-10(12)6-4-9/h2-6,8H,1,7,12H2. The second-order valence-electron chi connectivity index (χ2n) is 3.21. The molecular formula is C11H12N4. The largest absolute Gasteiger partial charge is 0.399 e. The second-order valence-corrected chi connectivity index (χ2v) is 3.21. The molecule has 1 heterocycles. The first-order valence-corrected chi connectivity index (χ1v) is 4.66. The van der Waals surface area contributed by atoms with Gasteiger partial charge in [0, 0.05) is 11.3 Å². The molecular weight excluding hydrogens is 188 g/mol. The smallest absolute Gasteiger partial charge is 0.0889 e. The Balaban J connectivity index is 2.40. The molecule has 0 radical (unpaired) electrons. The van der Waals surface area contributed by atoms with E-state index >= 15 is 0 Å². The van der Waals surface area contributed by atoms with E-state index in [1.165, 1.54) is 0 Å². The minimum atomic E-state index is 0.652. The Kier molecular flexibility index (Phi) is 2.49. The highest BCUT2D eigenvalue weighted by atomic mass is 15.4. The van der Waals surface area contributed by atoms with Crippen LogP contribution in [0.1, 0.15) is 0 Å². The summed E-state index contributed by atoms with van der Waals surface area (Å²) < 4.78 is 1.79. The summed E-state index contributed by atoms with van der Waals surface area (Å²) in [6.45, 7) is 4.33. The average Bonchev–Trinajstić information content (AvgIpc) is 2.68. The van der Waals surface area contributed by atoms with Gasteiger partial charge in [0.15, 0.2) is 0 Å². The Morgan fingerprint density at radius 2 is 2.07 bits per heavy atom. The van der Waals surface area contributed by atoms with Crippen LogP contribution < -0.4 is 5.73 Å². The van der Waals surface area contributed by atoms with E-state index in [1.807, 2.05) is 24.3 Å². The Morgan fingerprint density at radius 1 is 1.33 bits per heavy atom. The first-order chi connectivity index (χ1) is 7.31. The maximum Gasteiger partial charge on any atom is 0.0889 e. The number of hydrogen-bond acceptors (Lipinski definition) is 3. The van der Waals surface area contributed by atoms with Crippen molar-refractivity contribution in [1.82, 2.24) is 15.0 Å². The van der Waals surface area contributed by atoms with Gasteiger partial charge in [0.1, 0.15) is 0 Å². The van der Waals surface area contributed by atoms with Gasteiger partial charge in [-0.3, -0.25) is 0 Å². The van der Waals surface area contributed by atoms with Gasteiger partial charge in [-0.2, -0.15) is 0 Å². The summed E-state index contributed by atoms with van der Waals surface area (Å²) in [7, 11) is 0. The molecule has 0 bridgehead atoms. The number of hydrogen-bond donors (Lipinski definition) is 1. The fraction of sp³-hybridized carbons (Fsp3) is 0.0909. The fourth-order valence-electron chi connectivity index (χ4n) is 1.39. The summed E-state index contributed by atoms with van der Waals surface area (Å²) in [5.41, 5.74) is 8.39. The van der Waals surface area contributed by atoms with Crippen molar-refractivity contribution in [1.29, 1.82) is 0 Å². The molecule has 1 aromatic carbocycles. The van der Waals surface area contributed by atoms with Crippen molar-refractivity contribution in [3.05, 3.63) is 43.1 Å². The van der Waals surface area contributed by atoms with Crippen molar-refractivity contribution in [3.8, 4) is 11.3 Å². The lowest BCUT2D eigenvalue weighted by Crippen LogP contribution is -2.00. The third kappa shape index (κ3) is 1.88. The molecule has 15 heavy (non-hydrogen) atoms. The molecule has 2 N–H and O–H groups in total. The van der Waals surface area contributed by atoms with Crippen molar-refractivity contribution in [2.75, 3.05) is 5.73 Å². The normalized spacial score (nSPS) is 10.1. The number of rotatable bonds is 3. The molecule has 0 amide bonds. The molecule has 0 spiro atoms. The van der Waals surface area contributed by atoms with Gasteiger partial charge in [0.2, 0.25) is 0 Å². The van der Waals surface area contributed by atoms with E-state index in [1.54, 1.807) is 17.0 Å². The summed E-state index contributed by atoms with van der Waals surface area (Å²) in [5.74, 6) is 0. The summed E-state index contributed by atoms with van der Waals surface area (Å²) in [5, 5.41) is 7.84. The summed E-state index contributed by atoms with van der Waals surface area (Å²) in [6.07, 6.45) is 3.52. The van der Waals surface area contributed by atoms with E-state index in [-0.39, 0.29) is 0 Å². The zero-order valence-corrected chi connectivity index (χ0v) is 8.30. The van der Waals surface area contributed by atoms with Crippen molar-refractivity contribution in [2.45, 2.75) is 6.54 Å². The number of anilines is 1. The number of aromatic nitrogens is 3. The van der Waals surface area contributed by atoms with E-state index < -0.39 is 0 Å². The molecule has 0 fully saturated rings. The highest BCUT2D eigenvalue weighted by molar-refractivity contribution is 5.61. The van der Waals surface area contributed by atoms with Crippen LogP contribution in [0.4, 0.5) is 5.69 Å². The molecule has 4 nitrogen and oxygen atoms in total. The van der Waals surface area contributed by atoms with Gasteiger partial charge >= 0.3 is 0 Å². The first-order valence-electron chi connectivity index (χ1n) is 4.66. The molecule has 2 rings (SSSR count). The molecule has 0 unspecified atom stereocenters. The van der Waals surface area contributed by atoms with Crippen molar-refractivity contribution in [3.63, 3.8) is 0 Å². The van der Waals surface area contributed by atoms with Gasteiger partial charge in [0.25, 0.3) is 0 Å². The number of nitrogens with two attached hydrogens (primary N) is 1. The molecule has 76 valence electrons.